The van der Waals surface area contributed by atoms with Gasteiger partial charge in [0.15, 0.2) is 11.6 Å². The standard InChI is InChI=1S/C12H15F3O4/c1-16-6-9(7-17-2)18-11-4-3-8(5-10(11)13)19-12(14)15/h3-5,9,12H,6-7H2,1-2H3. The number of rotatable bonds is 8. The van der Waals surface area contributed by atoms with Gasteiger partial charge in [0.05, 0.1) is 13.2 Å². The predicted molar refractivity (Wildman–Crippen MR) is 61.2 cm³/mol. The normalized spacial score (nSPS) is 11.1. The maximum absolute atomic E-state index is 13.6. The van der Waals surface area contributed by atoms with E-state index in [-0.39, 0.29) is 24.7 Å². The molecule has 0 aliphatic heterocycles. The van der Waals surface area contributed by atoms with Gasteiger partial charge in [0.2, 0.25) is 0 Å². The van der Waals surface area contributed by atoms with Crippen LogP contribution in [0.4, 0.5) is 13.2 Å². The van der Waals surface area contributed by atoms with E-state index >= 15 is 0 Å². The van der Waals surface area contributed by atoms with Gasteiger partial charge in [-0.25, -0.2) is 4.39 Å². The SMILES string of the molecule is COCC(COC)Oc1ccc(OC(F)F)cc1F. The van der Waals surface area contributed by atoms with Crippen molar-refractivity contribution in [2.75, 3.05) is 27.4 Å². The molecule has 1 rings (SSSR count). The van der Waals surface area contributed by atoms with Crippen LogP contribution in [0.1, 0.15) is 0 Å². The molecule has 0 unspecified atom stereocenters. The second-order valence-electron chi connectivity index (χ2n) is 3.62. The predicted octanol–water partition coefficient (Wildman–Crippen LogP) is 2.47. The number of hydrogen-bond donors (Lipinski definition) is 0. The Kier molecular flexibility index (Phi) is 6.44. The zero-order chi connectivity index (χ0) is 14.3. The van der Waals surface area contributed by atoms with Crippen LogP contribution in [0.5, 0.6) is 11.5 Å². The number of halogens is 3. The van der Waals surface area contributed by atoms with Gasteiger partial charge in [-0.05, 0) is 12.1 Å². The molecule has 7 heteroatoms. The van der Waals surface area contributed by atoms with Crippen molar-refractivity contribution in [1.29, 1.82) is 0 Å². The van der Waals surface area contributed by atoms with Crippen molar-refractivity contribution in [3.8, 4) is 11.5 Å². The summed E-state index contributed by atoms with van der Waals surface area (Å²) >= 11 is 0. The van der Waals surface area contributed by atoms with Gasteiger partial charge in [-0.3, -0.25) is 0 Å². The van der Waals surface area contributed by atoms with Gasteiger partial charge < -0.3 is 18.9 Å². The number of benzene rings is 1. The molecule has 108 valence electrons. The Balaban J connectivity index is 2.72. The molecule has 0 N–H and O–H groups in total. The summed E-state index contributed by atoms with van der Waals surface area (Å²) in [6, 6.07) is 3.24. The van der Waals surface area contributed by atoms with Crippen molar-refractivity contribution < 1.29 is 32.1 Å². The molecule has 0 aliphatic rings. The fourth-order valence-corrected chi connectivity index (χ4v) is 1.42. The summed E-state index contributed by atoms with van der Waals surface area (Å²) in [6.07, 6.45) is -0.494. The minimum Gasteiger partial charge on any atom is -0.483 e. The summed E-state index contributed by atoms with van der Waals surface area (Å²) in [5.41, 5.74) is 0. The van der Waals surface area contributed by atoms with E-state index in [2.05, 4.69) is 4.74 Å². The molecule has 19 heavy (non-hydrogen) atoms. The van der Waals surface area contributed by atoms with Crippen molar-refractivity contribution in [2.24, 2.45) is 0 Å². The summed E-state index contributed by atoms with van der Waals surface area (Å²) in [5, 5.41) is 0. The highest BCUT2D eigenvalue weighted by Crippen LogP contribution is 2.24. The Hall–Kier alpha value is -1.47. The van der Waals surface area contributed by atoms with Crippen molar-refractivity contribution in [2.45, 2.75) is 12.7 Å². The fourth-order valence-electron chi connectivity index (χ4n) is 1.42. The molecule has 0 aliphatic carbocycles. The lowest BCUT2D eigenvalue weighted by molar-refractivity contribution is -0.0501. The van der Waals surface area contributed by atoms with E-state index in [1.165, 1.54) is 26.4 Å². The smallest absolute Gasteiger partial charge is 0.387 e. The Morgan fingerprint density at radius 1 is 1.05 bits per heavy atom. The Labute approximate surface area is 109 Å². The summed E-state index contributed by atoms with van der Waals surface area (Å²) < 4.78 is 56.7. The lowest BCUT2D eigenvalue weighted by Gasteiger charge is -2.18. The van der Waals surface area contributed by atoms with Gasteiger partial charge in [-0.1, -0.05) is 0 Å². The second-order valence-corrected chi connectivity index (χ2v) is 3.62. The summed E-state index contributed by atoms with van der Waals surface area (Å²) in [7, 11) is 2.95. The summed E-state index contributed by atoms with van der Waals surface area (Å²) in [4.78, 5) is 0. The molecule has 0 bridgehead atoms. The van der Waals surface area contributed by atoms with E-state index in [9.17, 15) is 13.2 Å². The second kappa shape index (κ2) is 7.85. The molecule has 0 spiro atoms. The third-order valence-corrected chi connectivity index (χ3v) is 2.13. The maximum Gasteiger partial charge on any atom is 0.387 e. The molecule has 0 fully saturated rings. The van der Waals surface area contributed by atoms with E-state index in [0.717, 1.165) is 6.07 Å². The third-order valence-electron chi connectivity index (χ3n) is 2.13. The molecule has 0 atom stereocenters. The minimum atomic E-state index is -3.00. The fraction of sp³-hybridized carbons (Fsp3) is 0.500. The monoisotopic (exact) mass is 280 g/mol. The van der Waals surface area contributed by atoms with E-state index in [0.29, 0.717) is 0 Å². The molecule has 0 saturated carbocycles. The first-order valence-electron chi connectivity index (χ1n) is 5.45. The van der Waals surface area contributed by atoms with Crippen LogP contribution in [0.25, 0.3) is 0 Å². The zero-order valence-electron chi connectivity index (χ0n) is 10.6. The summed E-state index contributed by atoms with van der Waals surface area (Å²) in [5.74, 6) is -1.15. The van der Waals surface area contributed by atoms with Crippen LogP contribution in [-0.4, -0.2) is 40.1 Å². The van der Waals surface area contributed by atoms with Crippen molar-refractivity contribution in [1.82, 2.24) is 0 Å². The van der Waals surface area contributed by atoms with E-state index in [4.69, 9.17) is 14.2 Å². The first kappa shape index (κ1) is 15.6. The molecule has 0 saturated heterocycles. The molecule has 0 aromatic heterocycles. The van der Waals surface area contributed by atoms with E-state index < -0.39 is 18.5 Å². The molecule has 0 amide bonds. The van der Waals surface area contributed by atoms with Crippen LogP contribution in [0.2, 0.25) is 0 Å². The average Bonchev–Trinajstić information content (AvgIpc) is 2.32. The minimum absolute atomic E-state index is 0.0827. The van der Waals surface area contributed by atoms with E-state index in [1.54, 1.807) is 0 Å². The van der Waals surface area contributed by atoms with Crippen LogP contribution >= 0.6 is 0 Å². The number of alkyl halides is 2. The first-order valence-corrected chi connectivity index (χ1v) is 5.45. The molecule has 0 radical (unpaired) electrons. The van der Waals surface area contributed by atoms with Crippen LogP contribution in [-0.2, 0) is 9.47 Å². The van der Waals surface area contributed by atoms with Gasteiger partial charge in [0.1, 0.15) is 11.9 Å². The Morgan fingerprint density at radius 2 is 1.68 bits per heavy atom. The van der Waals surface area contributed by atoms with Crippen LogP contribution in [0.15, 0.2) is 18.2 Å². The first-order chi connectivity index (χ1) is 9.06. The molecular formula is C12H15F3O4. The van der Waals surface area contributed by atoms with Gasteiger partial charge in [0, 0.05) is 20.3 Å². The highest BCUT2D eigenvalue weighted by Gasteiger charge is 2.14. The maximum atomic E-state index is 13.6. The number of ether oxygens (including phenoxy) is 4. The van der Waals surface area contributed by atoms with Gasteiger partial charge >= 0.3 is 6.61 Å². The Bertz CT molecular complexity index is 381. The van der Waals surface area contributed by atoms with Crippen molar-refractivity contribution >= 4 is 0 Å². The molecule has 1 aromatic rings. The zero-order valence-corrected chi connectivity index (χ0v) is 10.6. The highest BCUT2D eigenvalue weighted by molar-refractivity contribution is 5.33. The van der Waals surface area contributed by atoms with Crippen LogP contribution in [0, 0.1) is 5.82 Å². The lowest BCUT2D eigenvalue weighted by Crippen LogP contribution is -2.27. The van der Waals surface area contributed by atoms with Gasteiger partial charge in [-0.15, -0.1) is 0 Å². The number of hydrogen-bond acceptors (Lipinski definition) is 4. The Morgan fingerprint density at radius 3 is 2.16 bits per heavy atom. The van der Waals surface area contributed by atoms with Crippen LogP contribution in [0.3, 0.4) is 0 Å². The largest absolute Gasteiger partial charge is 0.483 e. The van der Waals surface area contributed by atoms with Gasteiger partial charge in [-0.2, -0.15) is 8.78 Å². The lowest BCUT2D eigenvalue weighted by atomic mass is 10.3. The molecule has 4 nitrogen and oxygen atoms in total. The summed E-state index contributed by atoms with van der Waals surface area (Å²) in [6.45, 7) is -2.58. The molecule has 1 aromatic carbocycles. The topological polar surface area (TPSA) is 36.9 Å². The average molecular weight is 280 g/mol. The van der Waals surface area contributed by atoms with Crippen molar-refractivity contribution in [3.05, 3.63) is 24.0 Å². The number of methoxy groups -OCH3 is 2. The quantitative estimate of drug-likeness (QED) is 0.733. The highest BCUT2D eigenvalue weighted by atomic mass is 19.3. The molecule has 0 heterocycles. The third kappa shape index (κ3) is 5.35. The van der Waals surface area contributed by atoms with Gasteiger partial charge in [0.25, 0.3) is 0 Å². The van der Waals surface area contributed by atoms with E-state index in [1.807, 2.05) is 0 Å². The molecular weight excluding hydrogens is 265 g/mol. The van der Waals surface area contributed by atoms with Crippen molar-refractivity contribution in [3.63, 3.8) is 0 Å². The van der Waals surface area contributed by atoms with Crippen LogP contribution < -0.4 is 9.47 Å².